The first kappa shape index (κ1) is 21.0. The van der Waals surface area contributed by atoms with Gasteiger partial charge in [-0.25, -0.2) is 0 Å². The number of hydrogen-bond donors (Lipinski definition) is 2. The highest BCUT2D eigenvalue weighted by Gasteiger charge is 2.13. The molecule has 1 saturated heterocycles. The molecular weight excluding hydrogens is 368 g/mol. The zero-order valence-electron chi connectivity index (χ0n) is 16.7. The summed E-state index contributed by atoms with van der Waals surface area (Å²) in [7, 11) is 1.61. The van der Waals surface area contributed by atoms with E-state index >= 15 is 0 Å². The number of amides is 1. The second-order valence-corrected chi connectivity index (χ2v) is 6.98. The number of rotatable bonds is 8. The number of nitrogens with zero attached hydrogens (tertiary/aromatic N) is 1. The number of aliphatic hydroxyl groups is 1. The molecule has 1 unspecified atom stereocenters. The standard InChI is InChI=1S/C23H28N2O4/c1-28-21-4-2-3-18(17-21)5-10-23(27)24-20-8-6-19(7-9-20)22(26)11-12-25-13-15-29-16-14-25/h2-10,17,22,26H,11-16H2,1H3,(H,24,27)/b10-5+. The highest BCUT2D eigenvalue weighted by Crippen LogP contribution is 2.20. The van der Waals surface area contributed by atoms with Crippen LogP contribution in [0.3, 0.4) is 0 Å². The predicted molar refractivity (Wildman–Crippen MR) is 114 cm³/mol. The van der Waals surface area contributed by atoms with Crippen LogP contribution in [0.1, 0.15) is 23.7 Å². The van der Waals surface area contributed by atoms with Gasteiger partial charge >= 0.3 is 0 Å². The topological polar surface area (TPSA) is 71.0 Å². The monoisotopic (exact) mass is 396 g/mol. The van der Waals surface area contributed by atoms with Crippen molar-refractivity contribution in [1.29, 1.82) is 0 Å². The molecule has 0 radical (unpaired) electrons. The molecule has 1 aliphatic heterocycles. The van der Waals surface area contributed by atoms with Crippen LogP contribution in [-0.2, 0) is 9.53 Å². The number of methoxy groups -OCH3 is 1. The van der Waals surface area contributed by atoms with Crippen molar-refractivity contribution in [1.82, 2.24) is 4.90 Å². The summed E-state index contributed by atoms with van der Waals surface area (Å²) in [6, 6.07) is 14.8. The van der Waals surface area contributed by atoms with Crippen molar-refractivity contribution < 1.29 is 19.4 Å². The van der Waals surface area contributed by atoms with Gasteiger partial charge in [0, 0.05) is 31.4 Å². The van der Waals surface area contributed by atoms with Crippen molar-refractivity contribution in [3.8, 4) is 5.75 Å². The zero-order valence-corrected chi connectivity index (χ0v) is 16.7. The lowest BCUT2D eigenvalue weighted by Gasteiger charge is -2.27. The van der Waals surface area contributed by atoms with E-state index in [1.807, 2.05) is 48.5 Å². The van der Waals surface area contributed by atoms with Crippen molar-refractivity contribution in [3.05, 3.63) is 65.7 Å². The van der Waals surface area contributed by atoms with Gasteiger partial charge in [-0.3, -0.25) is 9.69 Å². The summed E-state index contributed by atoms with van der Waals surface area (Å²) in [5.74, 6) is 0.531. The van der Waals surface area contributed by atoms with Crippen LogP contribution >= 0.6 is 0 Å². The van der Waals surface area contributed by atoms with Crippen LogP contribution in [0.25, 0.3) is 6.08 Å². The van der Waals surface area contributed by atoms with E-state index in [9.17, 15) is 9.90 Å². The lowest BCUT2D eigenvalue weighted by Crippen LogP contribution is -2.37. The lowest BCUT2D eigenvalue weighted by molar-refractivity contribution is -0.111. The van der Waals surface area contributed by atoms with E-state index in [1.165, 1.54) is 6.08 Å². The molecule has 1 fully saturated rings. The van der Waals surface area contributed by atoms with Crippen LogP contribution in [-0.4, -0.2) is 55.9 Å². The minimum Gasteiger partial charge on any atom is -0.497 e. The second-order valence-electron chi connectivity index (χ2n) is 6.98. The van der Waals surface area contributed by atoms with Gasteiger partial charge in [-0.1, -0.05) is 24.3 Å². The highest BCUT2D eigenvalue weighted by atomic mass is 16.5. The highest BCUT2D eigenvalue weighted by molar-refractivity contribution is 6.01. The number of benzene rings is 2. The van der Waals surface area contributed by atoms with Gasteiger partial charge in [0.1, 0.15) is 5.75 Å². The third-order valence-electron chi connectivity index (χ3n) is 4.91. The van der Waals surface area contributed by atoms with E-state index in [0.29, 0.717) is 12.1 Å². The minimum absolute atomic E-state index is 0.214. The minimum atomic E-state index is -0.518. The second kappa shape index (κ2) is 10.8. The van der Waals surface area contributed by atoms with E-state index in [2.05, 4.69) is 10.2 Å². The number of morpholine rings is 1. The van der Waals surface area contributed by atoms with Crippen LogP contribution in [0.2, 0.25) is 0 Å². The Balaban J connectivity index is 1.48. The average Bonchev–Trinajstić information content (AvgIpc) is 2.77. The molecule has 0 aromatic heterocycles. The van der Waals surface area contributed by atoms with Crippen molar-refractivity contribution >= 4 is 17.7 Å². The van der Waals surface area contributed by atoms with Gasteiger partial charge in [-0.15, -0.1) is 0 Å². The number of hydrogen-bond acceptors (Lipinski definition) is 5. The first-order valence-electron chi connectivity index (χ1n) is 9.85. The normalized spacial score (nSPS) is 15.9. The Morgan fingerprint density at radius 2 is 2.00 bits per heavy atom. The number of carbonyl (C=O) groups is 1. The average molecular weight is 396 g/mol. The quantitative estimate of drug-likeness (QED) is 0.671. The Hall–Kier alpha value is -2.67. The first-order chi connectivity index (χ1) is 14.1. The van der Waals surface area contributed by atoms with Gasteiger partial charge in [0.2, 0.25) is 5.91 Å². The fraction of sp³-hybridized carbons (Fsp3) is 0.348. The Bertz CT molecular complexity index is 814. The van der Waals surface area contributed by atoms with E-state index in [-0.39, 0.29) is 5.91 Å². The summed E-state index contributed by atoms with van der Waals surface area (Å²) in [5, 5.41) is 13.2. The van der Waals surface area contributed by atoms with Gasteiger partial charge in [0.25, 0.3) is 0 Å². The third kappa shape index (κ3) is 6.71. The van der Waals surface area contributed by atoms with E-state index in [0.717, 1.165) is 49.7 Å². The van der Waals surface area contributed by atoms with Crippen LogP contribution in [0.15, 0.2) is 54.6 Å². The molecule has 6 nitrogen and oxygen atoms in total. The summed E-state index contributed by atoms with van der Waals surface area (Å²) in [4.78, 5) is 14.4. The predicted octanol–water partition coefficient (Wildman–Crippen LogP) is 3.10. The Kier molecular flexibility index (Phi) is 7.81. The molecule has 1 amide bonds. The zero-order chi connectivity index (χ0) is 20.5. The van der Waals surface area contributed by atoms with Crippen LogP contribution in [0, 0.1) is 0 Å². The molecule has 29 heavy (non-hydrogen) atoms. The van der Waals surface area contributed by atoms with Crippen molar-refractivity contribution in [2.75, 3.05) is 45.3 Å². The fourth-order valence-corrected chi connectivity index (χ4v) is 3.19. The summed E-state index contributed by atoms with van der Waals surface area (Å²) in [5.41, 5.74) is 2.43. The Labute approximate surface area is 171 Å². The van der Waals surface area contributed by atoms with E-state index in [4.69, 9.17) is 9.47 Å². The van der Waals surface area contributed by atoms with E-state index < -0.39 is 6.10 Å². The molecule has 154 valence electrons. The largest absolute Gasteiger partial charge is 0.497 e. The molecule has 2 N–H and O–H groups in total. The fourth-order valence-electron chi connectivity index (χ4n) is 3.19. The molecule has 1 heterocycles. The van der Waals surface area contributed by atoms with Crippen molar-refractivity contribution in [3.63, 3.8) is 0 Å². The molecule has 1 aliphatic rings. The maximum atomic E-state index is 12.1. The van der Waals surface area contributed by atoms with Crippen molar-refractivity contribution in [2.45, 2.75) is 12.5 Å². The molecule has 2 aromatic carbocycles. The van der Waals surface area contributed by atoms with E-state index in [1.54, 1.807) is 13.2 Å². The lowest BCUT2D eigenvalue weighted by atomic mass is 10.1. The summed E-state index contributed by atoms with van der Waals surface area (Å²) in [6.07, 6.45) is 3.38. The molecule has 0 bridgehead atoms. The molecule has 6 heteroatoms. The SMILES string of the molecule is COc1cccc(/C=C/C(=O)Nc2ccc(C(O)CCN3CCOCC3)cc2)c1. The molecule has 0 aliphatic carbocycles. The van der Waals surface area contributed by atoms with Gasteiger partial charge in [-0.05, 0) is 47.9 Å². The van der Waals surface area contributed by atoms with Gasteiger partial charge < -0.3 is 19.9 Å². The first-order valence-corrected chi connectivity index (χ1v) is 9.85. The molecule has 1 atom stereocenters. The number of carbonyl (C=O) groups excluding carboxylic acids is 1. The summed E-state index contributed by atoms with van der Waals surface area (Å²) < 4.78 is 10.5. The number of nitrogens with one attached hydrogen (secondary N) is 1. The van der Waals surface area contributed by atoms with Gasteiger partial charge in [0.05, 0.1) is 26.4 Å². The summed E-state index contributed by atoms with van der Waals surface area (Å²) in [6.45, 7) is 4.20. The van der Waals surface area contributed by atoms with Crippen molar-refractivity contribution in [2.24, 2.45) is 0 Å². The number of anilines is 1. The summed E-state index contributed by atoms with van der Waals surface area (Å²) >= 11 is 0. The molecule has 2 aromatic rings. The number of aliphatic hydroxyl groups excluding tert-OH is 1. The van der Waals surface area contributed by atoms with Crippen LogP contribution in [0.4, 0.5) is 5.69 Å². The molecule has 0 saturated carbocycles. The van der Waals surface area contributed by atoms with Gasteiger partial charge in [-0.2, -0.15) is 0 Å². The Morgan fingerprint density at radius 3 is 2.72 bits per heavy atom. The van der Waals surface area contributed by atoms with Gasteiger partial charge in [0.15, 0.2) is 0 Å². The molecule has 3 rings (SSSR count). The Morgan fingerprint density at radius 1 is 1.24 bits per heavy atom. The number of ether oxygens (including phenoxy) is 2. The van der Waals surface area contributed by atoms with Crippen LogP contribution in [0.5, 0.6) is 5.75 Å². The molecule has 0 spiro atoms. The third-order valence-corrected chi connectivity index (χ3v) is 4.91. The molecular formula is C23H28N2O4. The van der Waals surface area contributed by atoms with Crippen LogP contribution < -0.4 is 10.1 Å². The maximum absolute atomic E-state index is 12.1. The maximum Gasteiger partial charge on any atom is 0.248 e. The smallest absolute Gasteiger partial charge is 0.248 e.